The van der Waals surface area contributed by atoms with Crippen molar-refractivity contribution in [3.63, 3.8) is 0 Å². The predicted octanol–water partition coefficient (Wildman–Crippen LogP) is 2.20. The van der Waals surface area contributed by atoms with E-state index in [9.17, 15) is 9.90 Å². The summed E-state index contributed by atoms with van der Waals surface area (Å²) in [6.45, 7) is 0.614. The van der Waals surface area contributed by atoms with Crippen molar-refractivity contribution in [2.75, 3.05) is 11.9 Å². The van der Waals surface area contributed by atoms with Crippen LogP contribution in [0.25, 0.3) is 0 Å². The normalized spacial score (nSPS) is 23.0. The minimum absolute atomic E-state index is 0.425. The molecule has 1 atom stereocenters. The Hall–Kier alpha value is -2.33. The van der Waals surface area contributed by atoms with E-state index in [2.05, 4.69) is 5.32 Å². The lowest BCUT2D eigenvalue weighted by Gasteiger charge is -2.27. The smallest absolute Gasteiger partial charge is 0.266 e. The summed E-state index contributed by atoms with van der Waals surface area (Å²) >= 11 is 0. The zero-order chi connectivity index (χ0) is 14.4. The van der Waals surface area contributed by atoms with Crippen LogP contribution in [0.2, 0.25) is 0 Å². The van der Waals surface area contributed by atoms with Gasteiger partial charge in [0.05, 0.1) is 6.61 Å². The molecule has 21 heavy (non-hydrogen) atoms. The van der Waals surface area contributed by atoms with Crippen molar-refractivity contribution in [1.29, 1.82) is 0 Å². The lowest BCUT2D eigenvalue weighted by Crippen LogP contribution is -2.36. The summed E-state index contributed by atoms with van der Waals surface area (Å²) in [7, 11) is 0. The highest BCUT2D eigenvalue weighted by Crippen LogP contribution is 2.45. The van der Waals surface area contributed by atoms with Crippen molar-refractivity contribution in [1.82, 2.24) is 0 Å². The maximum Gasteiger partial charge on any atom is 0.266 e. The summed E-state index contributed by atoms with van der Waals surface area (Å²) < 4.78 is 5.76. The lowest BCUT2D eigenvalue weighted by molar-refractivity contribution is -0.129. The van der Waals surface area contributed by atoms with E-state index < -0.39 is 11.5 Å². The first kappa shape index (κ1) is 12.4. The van der Waals surface area contributed by atoms with Gasteiger partial charge in [0.25, 0.3) is 5.91 Å². The van der Waals surface area contributed by atoms with Crippen molar-refractivity contribution < 1.29 is 14.6 Å². The standard InChI is InChI=1S/C17H15NO3/c19-16-17(20,12-7-1-2-9-14(12)18-16)13-8-3-5-11-6-4-10-21-15(11)13/h1-3,5,7-9,20H,4,6,10H2,(H,18,19). The van der Waals surface area contributed by atoms with Crippen LogP contribution in [0.1, 0.15) is 23.1 Å². The number of carbonyl (C=O) groups is 1. The van der Waals surface area contributed by atoms with Gasteiger partial charge in [-0.05, 0) is 24.5 Å². The third-order valence-electron chi connectivity index (χ3n) is 4.22. The Bertz CT molecular complexity index is 741. The summed E-state index contributed by atoms with van der Waals surface area (Å²) in [6, 6.07) is 12.8. The van der Waals surface area contributed by atoms with Gasteiger partial charge in [-0.2, -0.15) is 0 Å². The van der Waals surface area contributed by atoms with Crippen LogP contribution in [0.4, 0.5) is 5.69 Å². The van der Waals surface area contributed by atoms with Crippen LogP contribution < -0.4 is 10.1 Å². The molecule has 2 aromatic carbocycles. The second kappa shape index (κ2) is 4.33. The molecule has 4 heteroatoms. The Morgan fingerprint density at radius 3 is 2.81 bits per heavy atom. The van der Waals surface area contributed by atoms with Crippen molar-refractivity contribution in [2.24, 2.45) is 0 Å². The quantitative estimate of drug-likeness (QED) is 0.842. The van der Waals surface area contributed by atoms with E-state index in [4.69, 9.17) is 4.74 Å². The molecule has 0 aromatic heterocycles. The second-order valence-corrected chi connectivity index (χ2v) is 5.46. The van der Waals surface area contributed by atoms with Gasteiger partial charge in [0.2, 0.25) is 0 Å². The number of anilines is 1. The number of hydrogen-bond donors (Lipinski definition) is 2. The maximum absolute atomic E-state index is 12.4. The van der Waals surface area contributed by atoms with Crippen LogP contribution >= 0.6 is 0 Å². The molecule has 2 N–H and O–H groups in total. The third-order valence-corrected chi connectivity index (χ3v) is 4.22. The van der Waals surface area contributed by atoms with E-state index in [0.29, 0.717) is 29.2 Å². The molecule has 4 nitrogen and oxygen atoms in total. The third kappa shape index (κ3) is 1.63. The lowest BCUT2D eigenvalue weighted by atomic mass is 9.85. The van der Waals surface area contributed by atoms with Crippen molar-refractivity contribution in [3.05, 3.63) is 59.2 Å². The van der Waals surface area contributed by atoms with Gasteiger partial charge in [0.15, 0.2) is 5.60 Å². The van der Waals surface area contributed by atoms with Gasteiger partial charge < -0.3 is 15.2 Å². The minimum Gasteiger partial charge on any atom is -0.493 e. The van der Waals surface area contributed by atoms with E-state index in [0.717, 1.165) is 18.4 Å². The summed E-state index contributed by atoms with van der Waals surface area (Å²) in [6.07, 6.45) is 1.86. The Kier molecular flexibility index (Phi) is 2.56. The number of fused-ring (bicyclic) bond motifs is 2. The summed E-state index contributed by atoms with van der Waals surface area (Å²) in [5.41, 5.74) is 1.13. The average Bonchev–Trinajstić information content (AvgIpc) is 2.79. The summed E-state index contributed by atoms with van der Waals surface area (Å²) in [5.74, 6) is 0.226. The molecule has 2 aliphatic rings. The molecule has 0 saturated carbocycles. The van der Waals surface area contributed by atoms with Crippen LogP contribution in [0.15, 0.2) is 42.5 Å². The summed E-state index contributed by atoms with van der Waals surface area (Å²) in [4.78, 5) is 12.4. The number of amides is 1. The van der Waals surface area contributed by atoms with E-state index in [1.807, 2.05) is 24.3 Å². The Morgan fingerprint density at radius 2 is 1.90 bits per heavy atom. The van der Waals surface area contributed by atoms with Crippen molar-refractivity contribution in [3.8, 4) is 5.75 Å². The first-order valence-electron chi connectivity index (χ1n) is 7.10. The minimum atomic E-state index is -1.68. The van der Waals surface area contributed by atoms with Gasteiger partial charge in [-0.15, -0.1) is 0 Å². The highest BCUT2D eigenvalue weighted by molar-refractivity contribution is 6.07. The number of aryl methyl sites for hydroxylation is 1. The van der Waals surface area contributed by atoms with E-state index in [1.54, 1.807) is 18.2 Å². The number of hydrogen-bond acceptors (Lipinski definition) is 3. The van der Waals surface area contributed by atoms with Crippen LogP contribution in [0.5, 0.6) is 5.75 Å². The highest BCUT2D eigenvalue weighted by atomic mass is 16.5. The van der Waals surface area contributed by atoms with Gasteiger partial charge in [-0.3, -0.25) is 4.79 Å². The Balaban J connectivity index is 1.96. The molecule has 0 radical (unpaired) electrons. The SMILES string of the molecule is O=C1Nc2ccccc2C1(O)c1cccc2c1OCCC2. The number of nitrogens with one attached hydrogen (secondary N) is 1. The molecule has 0 saturated heterocycles. The monoisotopic (exact) mass is 281 g/mol. The molecule has 1 unspecified atom stereocenters. The van der Waals surface area contributed by atoms with E-state index >= 15 is 0 Å². The number of para-hydroxylation sites is 2. The zero-order valence-electron chi connectivity index (χ0n) is 11.4. The fourth-order valence-electron chi connectivity index (χ4n) is 3.18. The topological polar surface area (TPSA) is 58.6 Å². The first-order chi connectivity index (χ1) is 10.2. The van der Waals surface area contributed by atoms with Crippen LogP contribution in [-0.2, 0) is 16.8 Å². The molecule has 4 rings (SSSR count). The van der Waals surface area contributed by atoms with E-state index in [-0.39, 0.29) is 0 Å². The fourth-order valence-corrected chi connectivity index (χ4v) is 3.18. The predicted molar refractivity (Wildman–Crippen MR) is 78.3 cm³/mol. The van der Waals surface area contributed by atoms with Crippen molar-refractivity contribution in [2.45, 2.75) is 18.4 Å². The second-order valence-electron chi connectivity index (χ2n) is 5.46. The largest absolute Gasteiger partial charge is 0.493 e. The molecule has 106 valence electrons. The van der Waals surface area contributed by atoms with Gasteiger partial charge in [0, 0.05) is 16.8 Å². The number of benzene rings is 2. The molecule has 1 amide bonds. The first-order valence-corrected chi connectivity index (χ1v) is 7.10. The number of ether oxygens (including phenoxy) is 1. The maximum atomic E-state index is 12.4. The Labute approximate surface area is 122 Å². The van der Waals surface area contributed by atoms with Gasteiger partial charge in [0.1, 0.15) is 5.75 Å². The van der Waals surface area contributed by atoms with Crippen LogP contribution in [0.3, 0.4) is 0 Å². The molecule has 0 spiro atoms. The number of rotatable bonds is 1. The van der Waals surface area contributed by atoms with Gasteiger partial charge in [-0.1, -0.05) is 36.4 Å². The zero-order valence-corrected chi connectivity index (χ0v) is 11.4. The molecular weight excluding hydrogens is 266 g/mol. The molecular formula is C17H15NO3. The van der Waals surface area contributed by atoms with Crippen LogP contribution in [0, 0.1) is 0 Å². The van der Waals surface area contributed by atoms with Crippen LogP contribution in [-0.4, -0.2) is 17.6 Å². The number of carbonyl (C=O) groups excluding carboxylic acids is 1. The molecule has 0 fully saturated rings. The number of aliphatic hydroxyl groups is 1. The van der Waals surface area contributed by atoms with Gasteiger partial charge in [-0.25, -0.2) is 0 Å². The molecule has 2 heterocycles. The Morgan fingerprint density at radius 1 is 1.10 bits per heavy atom. The highest BCUT2D eigenvalue weighted by Gasteiger charge is 2.48. The van der Waals surface area contributed by atoms with Crippen molar-refractivity contribution >= 4 is 11.6 Å². The fraction of sp³-hybridized carbons (Fsp3) is 0.235. The molecule has 2 aromatic rings. The molecule has 0 aliphatic carbocycles. The van der Waals surface area contributed by atoms with E-state index in [1.165, 1.54) is 0 Å². The summed E-state index contributed by atoms with van der Waals surface area (Å²) in [5, 5.41) is 13.9. The molecule has 2 aliphatic heterocycles. The van der Waals surface area contributed by atoms with Gasteiger partial charge >= 0.3 is 0 Å². The average molecular weight is 281 g/mol. The molecule has 0 bridgehead atoms.